The fourth-order valence-corrected chi connectivity index (χ4v) is 2.26. The largest absolute Gasteiger partial charge is 0.368 e. The first kappa shape index (κ1) is 14.9. The van der Waals surface area contributed by atoms with Gasteiger partial charge in [0, 0.05) is 6.20 Å². The molecule has 1 amide bonds. The zero-order valence-electron chi connectivity index (χ0n) is 10.3. The van der Waals surface area contributed by atoms with Crippen LogP contribution in [0.5, 0.6) is 0 Å². The molecule has 0 saturated carbocycles. The minimum absolute atomic E-state index is 0.108. The van der Waals surface area contributed by atoms with Crippen molar-refractivity contribution in [2.24, 2.45) is 0 Å². The summed E-state index contributed by atoms with van der Waals surface area (Å²) in [5, 5.41) is 10.0. The average molecular weight is 333 g/mol. The lowest BCUT2D eigenvalue weighted by molar-refractivity contribution is -0.113. The van der Waals surface area contributed by atoms with Crippen molar-refractivity contribution >= 4 is 52.6 Å². The molecule has 2 aromatic heterocycles. The molecule has 0 spiro atoms. The first-order valence-corrected chi connectivity index (χ1v) is 7.12. The molecule has 106 valence electrons. The molecule has 0 aliphatic carbocycles. The van der Waals surface area contributed by atoms with E-state index in [4.69, 9.17) is 28.9 Å². The van der Waals surface area contributed by atoms with Gasteiger partial charge in [0.1, 0.15) is 0 Å². The molecule has 0 aromatic carbocycles. The molecular weight excluding hydrogens is 323 g/mol. The summed E-state index contributed by atoms with van der Waals surface area (Å²) >= 11 is 13.1. The smallest absolute Gasteiger partial charge is 0.236 e. The summed E-state index contributed by atoms with van der Waals surface area (Å²) in [6.45, 7) is 1.74. The molecule has 10 heteroatoms. The number of carbonyl (C=O) groups excluding carboxylic acids is 1. The normalized spacial score (nSPS) is 10.6. The Morgan fingerprint density at radius 3 is 2.95 bits per heavy atom. The zero-order valence-corrected chi connectivity index (χ0v) is 12.6. The van der Waals surface area contributed by atoms with Gasteiger partial charge in [-0.25, -0.2) is 10.1 Å². The number of aromatic amines is 1. The van der Waals surface area contributed by atoms with Gasteiger partial charge in [0.2, 0.25) is 17.0 Å². The number of aromatic nitrogens is 4. The second-order valence-electron chi connectivity index (χ2n) is 3.73. The molecule has 0 atom stereocenters. The van der Waals surface area contributed by atoms with E-state index in [0.717, 1.165) is 11.8 Å². The lowest BCUT2D eigenvalue weighted by Gasteiger charge is -2.08. The summed E-state index contributed by atoms with van der Waals surface area (Å²) in [7, 11) is 0. The van der Waals surface area contributed by atoms with Crippen molar-refractivity contribution in [3.05, 3.63) is 21.8 Å². The van der Waals surface area contributed by atoms with Gasteiger partial charge in [0.15, 0.2) is 5.82 Å². The van der Waals surface area contributed by atoms with Gasteiger partial charge in [-0.2, -0.15) is 4.98 Å². The minimum Gasteiger partial charge on any atom is -0.368 e. The van der Waals surface area contributed by atoms with E-state index in [1.165, 1.54) is 6.20 Å². The number of nitrogen functional groups attached to an aromatic ring is 1. The Hall–Kier alpha value is -1.51. The van der Waals surface area contributed by atoms with Gasteiger partial charge < -0.3 is 11.1 Å². The number of rotatable bonds is 4. The number of nitrogens with one attached hydrogen (secondary N) is 2. The summed E-state index contributed by atoms with van der Waals surface area (Å²) in [5.74, 6) is 0.297. The standard InChI is InChI=1S/C10H10Cl2N6OS/c1-4-5(11)2-14-8(7(4)12)15-6(19)3-20-10-16-9(13)17-18-10/h2H,3H2,1H3,(H,14,15,19)(H3,13,16,17,18). The molecule has 2 aromatic rings. The third-order valence-corrected chi connectivity index (χ3v) is 3.97. The molecule has 2 rings (SSSR count). The third-order valence-electron chi connectivity index (χ3n) is 2.27. The number of nitrogens with zero attached hydrogens (tertiary/aromatic N) is 3. The van der Waals surface area contributed by atoms with E-state index in [2.05, 4.69) is 25.5 Å². The molecule has 7 nitrogen and oxygen atoms in total. The predicted molar refractivity (Wildman–Crippen MR) is 79.1 cm³/mol. The van der Waals surface area contributed by atoms with Crippen LogP contribution >= 0.6 is 35.0 Å². The lowest BCUT2D eigenvalue weighted by Crippen LogP contribution is -2.15. The highest BCUT2D eigenvalue weighted by atomic mass is 35.5. The van der Waals surface area contributed by atoms with Crippen molar-refractivity contribution in [1.29, 1.82) is 0 Å². The van der Waals surface area contributed by atoms with Gasteiger partial charge in [-0.1, -0.05) is 35.0 Å². The first-order valence-electron chi connectivity index (χ1n) is 5.38. The van der Waals surface area contributed by atoms with Crippen LogP contribution in [0.1, 0.15) is 5.56 Å². The van der Waals surface area contributed by atoms with Gasteiger partial charge in [-0.15, -0.1) is 5.10 Å². The molecule has 0 aliphatic rings. The maximum absolute atomic E-state index is 11.8. The Morgan fingerprint density at radius 2 is 2.30 bits per heavy atom. The van der Waals surface area contributed by atoms with Crippen molar-refractivity contribution in [3.8, 4) is 0 Å². The van der Waals surface area contributed by atoms with Crippen LogP contribution in [0.15, 0.2) is 11.4 Å². The fraction of sp³-hybridized carbons (Fsp3) is 0.200. The van der Waals surface area contributed by atoms with Gasteiger partial charge in [-0.05, 0) is 12.5 Å². The van der Waals surface area contributed by atoms with Crippen LogP contribution in [0.4, 0.5) is 11.8 Å². The molecule has 0 bridgehead atoms. The Morgan fingerprint density at radius 1 is 1.55 bits per heavy atom. The number of anilines is 2. The first-order chi connectivity index (χ1) is 9.47. The van der Waals surface area contributed by atoms with Crippen molar-refractivity contribution in [1.82, 2.24) is 20.2 Å². The van der Waals surface area contributed by atoms with E-state index in [-0.39, 0.29) is 23.4 Å². The number of thioether (sulfide) groups is 1. The molecule has 0 unspecified atom stereocenters. The number of hydrogen-bond donors (Lipinski definition) is 3. The second-order valence-corrected chi connectivity index (χ2v) is 5.46. The van der Waals surface area contributed by atoms with E-state index in [9.17, 15) is 4.79 Å². The number of nitrogens with two attached hydrogens (primary N) is 1. The fourth-order valence-electron chi connectivity index (χ4n) is 1.27. The molecule has 2 heterocycles. The van der Waals surface area contributed by atoms with Crippen LogP contribution < -0.4 is 11.1 Å². The Labute approximate surface area is 128 Å². The maximum atomic E-state index is 11.8. The van der Waals surface area contributed by atoms with Crippen LogP contribution in [0.25, 0.3) is 0 Å². The molecule has 0 fully saturated rings. The Bertz CT molecular complexity index is 647. The van der Waals surface area contributed by atoms with Crippen molar-refractivity contribution < 1.29 is 4.79 Å². The SMILES string of the molecule is Cc1c(Cl)cnc(NC(=O)CSc2n[nH]c(N)n2)c1Cl. The lowest BCUT2D eigenvalue weighted by atomic mass is 10.3. The topological polar surface area (TPSA) is 110 Å². The summed E-state index contributed by atoms with van der Waals surface area (Å²) in [6, 6.07) is 0. The zero-order chi connectivity index (χ0) is 14.7. The Kier molecular flexibility index (Phi) is 4.69. The summed E-state index contributed by atoms with van der Waals surface area (Å²) in [5.41, 5.74) is 6.04. The number of carbonyl (C=O) groups is 1. The van der Waals surface area contributed by atoms with Gasteiger partial charge in [-0.3, -0.25) is 4.79 Å². The average Bonchev–Trinajstić information content (AvgIpc) is 2.83. The highest BCUT2D eigenvalue weighted by Gasteiger charge is 2.12. The molecule has 0 aliphatic heterocycles. The number of amides is 1. The number of H-pyrrole nitrogens is 1. The summed E-state index contributed by atoms with van der Waals surface area (Å²) < 4.78 is 0. The van der Waals surface area contributed by atoms with E-state index in [0.29, 0.717) is 20.8 Å². The number of hydrogen-bond acceptors (Lipinski definition) is 6. The quantitative estimate of drug-likeness (QED) is 0.740. The van der Waals surface area contributed by atoms with Crippen LogP contribution in [-0.4, -0.2) is 31.8 Å². The van der Waals surface area contributed by atoms with Gasteiger partial charge in [0.05, 0.1) is 15.8 Å². The predicted octanol–water partition coefficient (Wildman–Crippen LogP) is 2.13. The minimum atomic E-state index is -0.283. The van der Waals surface area contributed by atoms with Crippen LogP contribution in [0, 0.1) is 6.92 Å². The van der Waals surface area contributed by atoms with Crippen molar-refractivity contribution in [2.45, 2.75) is 12.1 Å². The molecular formula is C10H10Cl2N6OS. The summed E-state index contributed by atoms with van der Waals surface area (Å²) in [4.78, 5) is 19.6. The van der Waals surface area contributed by atoms with E-state index in [1.54, 1.807) is 6.92 Å². The molecule has 0 saturated heterocycles. The monoisotopic (exact) mass is 332 g/mol. The molecule has 4 N–H and O–H groups in total. The van der Waals surface area contributed by atoms with Gasteiger partial charge >= 0.3 is 0 Å². The molecule has 20 heavy (non-hydrogen) atoms. The van der Waals surface area contributed by atoms with Crippen LogP contribution in [0.3, 0.4) is 0 Å². The summed E-state index contributed by atoms with van der Waals surface area (Å²) in [6.07, 6.45) is 1.43. The number of halogens is 2. The van der Waals surface area contributed by atoms with Crippen molar-refractivity contribution in [2.75, 3.05) is 16.8 Å². The maximum Gasteiger partial charge on any atom is 0.236 e. The Balaban J connectivity index is 1.96. The van der Waals surface area contributed by atoms with E-state index < -0.39 is 0 Å². The van der Waals surface area contributed by atoms with E-state index in [1.807, 2.05) is 0 Å². The highest BCUT2D eigenvalue weighted by molar-refractivity contribution is 7.99. The highest BCUT2D eigenvalue weighted by Crippen LogP contribution is 2.28. The second kappa shape index (κ2) is 6.29. The van der Waals surface area contributed by atoms with Crippen molar-refractivity contribution in [3.63, 3.8) is 0 Å². The van der Waals surface area contributed by atoms with Gasteiger partial charge in [0.25, 0.3) is 0 Å². The van der Waals surface area contributed by atoms with E-state index >= 15 is 0 Å². The molecule has 0 radical (unpaired) electrons. The van der Waals surface area contributed by atoms with Crippen LogP contribution in [0.2, 0.25) is 10.0 Å². The third kappa shape index (κ3) is 3.53. The number of pyridine rings is 1. The van der Waals surface area contributed by atoms with Crippen LogP contribution in [-0.2, 0) is 4.79 Å².